The third-order valence-corrected chi connectivity index (χ3v) is 2.70. The van der Waals surface area contributed by atoms with Gasteiger partial charge in [0.25, 0.3) is 0 Å². The van der Waals surface area contributed by atoms with E-state index in [1.165, 1.54) is 0 Å². The highest BCUT2D eigenvalue weighted by molar-refractivity contribution is 7.10. The number of carbonyl (C=O) groups is 1. The van der Waals surface area contributed by atoms with Crippen molar-refractivity contribution < 1.29 is 9.53 Å². The first-order valence-corrected chi connectivity index (χ1v) is 5.96. The predicted octanol–water partition coefficient (Wildman–Crippen LogP) is 2.76. The Morgan fingerprint density at radius 1 is 1.56 bits per heavy atom. The summed E-state index contributed by atoms with van der Waals surface area (Å²) in [5.74, 6) is 2.55. The van der Waals surface area contributed by atoms with Gasteiger partial charge in [-0.15, -0.1) is 23.7 Å². The summed E-state index contributed by atoms with van der Waals surface area (Å²) < 4.78 is 5.19. The minimum absolute atomic E-state index is 0.0779. The zero-order valence-corrected chi connectivity index (χ0v) is 9.83. The molecule has 0 atom stereocenters. The number of rotatable bonds is 7. The standard InChI is InChI=1S/C13H14O2S/c1-2-3-9-15-10-8-12(14)6-7-13-5-4-11-16-13/h1,4-7,11H,3,8-10H2/b7-6+. The first-order chi connectivity index (χ1) is 7.83. The summed E-state index contributed by atoms with van der Waals surface area (Å²) >= 11 is 1.61. The van der Waals surface area contributed by atoms with Crippen LogP contribution in [0.1, 0.15) is 17.7 Å². The van der Waals surface area contributed by atoms with Crippen molar-refractivity contribution in [2.24, 2.45) is 0 Å². The van der Waals surface area contributed by atoms with Gasteiger partial charge in [-0.05, 0) is 23.6 Å². The smallest absolute Gasteiger partial charge is 0.158 e. The first kappa shape index (κ1) is 12.7. The van der Waals surface area contributed by atoms with Gasteiger partial charge >= 0.3 is 0 Å². The zero-order valence-electron chi connectivity index (χ0n) is 9.02. The van der Waals surface area contributed by atoms with Gasteiger partial charge in [-0.3, -0.25) is 4.79 Å². The van der Waals surface area contributed by atoms with E-state index in [2.05, 4.69) is 5.92 Å². The second kappa shape index (κ2) is 7.86. The van der Waals surface area contributed by atoms with Gasteiger partial charge < -0.3 is 4.74 Å². The molecule has 1 aromatic rings. The van der Waals surface area contributed by atoms with Crippen molar-refractivity contribution in [2.45, 2.75) is 12.8 Å². The van der Waals surface area contributed by atoms with E-state index in [1.54, 1.807) is 17.4 Å². The summed E-state index contributed by atoms with van der Waals surface area (Å²) in [7, 11) is 0. The quantitative estimate of drug-likeness (QED) is 0.412. The molecule has 0 amide bonds. The van der Waals surface area contributed by atoms with E-state index in [0.29, 0.717) is 26.1 Å². The monoisotopic (exact) mass is 234 g/mol. The molecule has 0 N–H and O–H groups in total. The Kier molecular flexibility index (Phi) is 6.24. The van der Waals surface area contributed by atoms with Crippen LogP contribution in [0.4, 0.5) is 0 Å². The molecule has 0 spiro atoms. The topological polar surface area (TPSA) is 26.3 Å². The summed E-state index contributed by atoms with van der Waals surface area (Å²) in [6.07, 6.45) is 9.49. The predicted molar refractivity (Wildman–Crippen MR) is 67.2 cm³/mol. The van der Waals surface area contributed by atoms with Gasteiger partial charge in [0.1, 0.15) is 0 Å². The molecule has 0 bridgehead atoms. The fourth-order valence-electron chi connectivity index (χ4n) is 1.05. The molecule has 0 unspecified atom stereocenters. The maximum atomic E-state index is 11.4. The van der Waals surface area contributed by atoms with Gasteiger partial charge in [0, 0.05) is 17.7 Å². The fraction of sp³-hybridized carbons (Fsp3) is 0.308. The van der Waals surface area contributed by atoms with Crippen LogP contribution < -0.4 is 0 Å². The SMILES string of the molecule is C#CCCOCCC(=O)/C=C/c1cccs1. The Bertz CT molecular complexity index is 371. The first-order valence-electron chi connectivity index (χ1n) is 5.08. The van der Waals surface area contributed by atoms with E-state index >= 15 is 0 Å². The summed E-state index contributed by atoms with van der Waals surface area (Å²) in [5, 5.41) is 1.98. The van der Waals surface area contributed by atoms with E-state index < -0.39 is 0 Å². The van der Waals surface area contributed by atoms with Gasteiger partial charge in [0.15, 0.2) is 5.78 Å². The highest BCUT2D eigenvalue weighted by atomic mass is 32.1. The van der Waals surface area contributed by atoms with Crippen LogP contribution in [0, 0.1) is 12.3 Å². The molecule has 0 aliphatic carbocycles. The number of hydrogen-bond donors (Lipinski definition) is 0. The van der Waals surface area contributed by atoms with Gasteiger partial charge in [-0.1, -0.05) is 6.07 Å². The van der Waals surface area contributed by atoms with E-state index in [9.17, 15) is 4.79 Å². The number of ether oxygens (including phenoxy) is 1. The summed E-state index contributed by atoms with van der Waals surface area (Å²) in [5.41, 5.74) is 0. The number of hydrogen-bond acceptors (Lipinski definition) is 3. The van der Waals surface area contributed by atoms with Crippen molar-refractivity contribution in [1.82, 2.24) is 0 Å². The highest BCUT2D eigenvalue weighted by Crippen LogP contribution is 2.10. The molecule has 1 heterocycles. The van der Waals surface area contributed by atoms with Crippen LogP contribution in [0.3, 0.4) is 0 Å². The molecule has 0 saturated carbocycles. The molecule has 1 aromatic heterocycles. The number of carbonyl (C=O) groups excluding carboxylic acids is 1. The van der Waals surface area contributed by atoms with Gasteiger partial charge in [-0.25, -0.2) is 0 Å². The number of allylic oxidation sites excluding steroid dienone is 1. The van der Waals surface area contributed by atoms with E-state index in [-0.39, 0.29) is 5.78 Å². The number of ketones is 1. The van der Waals surface area contributed by atoms with Gasteiger partial charge in [-0.2, -0.15) is 0 Å². The van der Waals surface area contributed by atoms with Crippen LogP contribution in [0.5, 0.6) is 0 Å². The molecule has 0 aromatic carbocycles. The van der Waals surface area contributed by atoms with Crippen LogP contribution in [0.25, 0.3) is 6.08 Å². The van der Waals surface area contributed by atoms with Crippen molar-refractivity contribution in [3.05, 3.63) is 28.5 Å². The van der Waals surface area contributed by atoms with Crippen molar-refractivity contribution >= 4 is 23.2 Å². The van der Waals surface area contributed by atoms with E-state index in [1.807, 2.05) is 23.6 Å². The normalized spacial score (nSPS) is 10.4. The van der Waals surface area contributed by atoms with Crippen LogP contribution in [-0.2, 0) is 9.53 Å². The second-order valence-corrected chi connectivity index (χ2v) is 4.11. The highest BCUT2D eigenvalue weighted by Gasteiger charge is 1.96. The second-order valence-electron chi connectivity index (χ2n) is 3.13. The lowest BCUT2D eigenvalue weighted by Crippen LogP contribution is -2.02. The molecule has 0 aliphatic rings. The Balaban J connectivity index is 2.14. The van der Waals surface area contributed by atoms with Crippen molar-refractivity contribution in [1.29, 1.82) is 0 Å². The number of terminal acetylenes is 1. The maximum Gasteiger partial charge on any atom is 0.158 e. The molecule has 3 heteroatoms. The minimum atomic E-state index is 0.0779. The van der Waals surface area contributed by atoms with Gasteiger partial charge in [0.2, 0.25) is 0 Å². The number of thiophene rings is 1. The fourth-order valence-corrected chi connectivity index (χ4v) is 1.67. The average molecular weight is 234 g/mol. The summed E-state index contributed by atoms with van der Waals surface area (Å²) in [4.78, 5) is 12.5. The molecule has 0 saturated heterocycles. The van der Waals surface area contributed by atoms with Crippen molar-refractivity contribution in [3.8, 4) is 12.3 Å². The van der Waals surface area contributed by atoms with Crippen LogP contribution in [-0.4, -0.2) is 19.0 Å². The molecule has 16 heavy (non-hydrogen) atoms. The third kappa shape index (κ3) is 5.50. The van der Waals surface area contributed by atoms with E-state index in [0.717, 1.165) is 4.88 Å². The molecule has 84 valence electrons. The molecule has 0 fully saturated rings. The molecule has 1 rings (SSSR count). The Hall–Kier alpha value is -1.37. The Morgan fingerprint density at radius 3 is 3.12 bits per heavy atom. The zero-order chi connectivity index (χ0) is 11.6. The molecule has 0 radical (unpaired) electrons. The van der Waals surface area contributed by atoms with Crippen molar-refractivity contribution in [2.75, 3.05) is 13.2 Å². The molecule has 0 aliphatic heterocycles. The Labute approximate surface area is 99.9 Å². The van der Waals surface area contributed by atoms with E-state index in [4.69, 9.17) is 11.2 Å². The van der Waals surface area contributed by atoms with Crippen LogP contribution >= 0.6 is 11.3 Å². The van der Waals surface area contributed by atoms with Crippen LogP contribution in [0.2, 0.25) is 0 Å². The summed E-state index contributed by atoms with van der Waals surface area (Å²) in [6, 6.07) is 3.93. The molecular weight excluding hydrogens is 220 g/mol. The molecule has 2 nitrogen and oxygen atoms in total. The Morgan fingerprint density at radius 2 is 2.44 bits per heavy atom. The van der Waals surface area contributed by atoms with Gasteiger partial charge in [0.05, 0.1) is 13.2 Å². The average Bonchev–Trinajstić information content (AvgIpc) is 2.79. The summed E-state index contributed by atoms with van der Waals surface area (Å²) in [6.45, 7) is 0.966. The third-order valence-electron chi connectivity index (χ3n) is 1.86. The largest absolute Gasteiger partial charge is 0.380 e. The van der Waals surface area contributed by atoms with Crippen molar-refractivity contribution in [3.63, 3.8) is 0 Å². The maximum absolute atomic E-state index is 11.4. The lowest BCUT2D eigenvalue weighted by atomic mass is 10.2. The minimum Gasteiger partial charge on any atom is -0.380 e. The lowest BCUT2D eigenvalue weighted by molar-refractivity contribution is -0.115. The molecular formula is C13H14O2S. The van der Waals surface area contributed by atoms with Crippen LogP contribution in [0.15, 0.2) is 23.6 Å². The lowest BCUT2D eigenvalue weighted by Gasteiger charge is -1.98.